The first kappa shape index (κ1) is 16.6. The van der Waals surface area contributed by atoms with Gasteiger partial charge in [-0.1, -0.05) is 19.9 Å². The van der Waals surface area contributed by atoms with Crippen LogP contribution in [-0.4, -0.2) is 34.7 Å². The molecule has 1 heterocycles. The number of hydrogen-bond acceptors (Lipinski definition) is 4. The fraction of sp³-hybridized carbons (Fsp3) is 0.600. The predicted octanol–water partition coefficient (Wildman–Crippen LogP) is 0.865. The summed E-state index contributed by atoms with van der Waals surface area (Å²) >= 11 is 0. The third kappa shape index (κ3) is 6.12. The summed E-state index contributed by atoms with van der Waals surface area (Å²) in [6, 6.07) is 4.80. The van der Waals surface area contributed by atoms with Crippen LogP contribution in [0.5, 0.6) is 0 Å². The van der Waals surface area contributed by atoms with Gasteiger partial charge in [0.25, 0.3) is 0 Å². The van der Waals surface area contributed by atoms with Gasteiger partial charge in [0.1, 0.15) is 6.04 Å². The highest BCUT2D eigenvalue weighted by atomic mass is 16.3. The first-order chi connectivity index (χ1) is 9.50. The molecule has 4 N–H and O–H groups in total. The number of nitrogens with two attached hydrogens (primary N) is 1. The Morgan fingerprint density at radius 3 is 2.75 bits per heavy atom. The number of hydrogen-bond donors (Lipinski definition) is 3. The van der Waals surface area contributed by atoms with Crippen LogP contribution in [0.25, 0.3) is 0 Å². The van der Waals surface area contributed by atoms with Crippen molar-refractivity contribution in [2.24, 2.45) is 11.7 Å². The second-order valence-corrected chi connectivity index (χ2v) is 5.43. The average Bonchev–Trinajstić information content (AvgIpc) is 2.44. The molecule has 0 aliphatic heterocycles. The van der Waals surface area contributed by atoms with Crippen LogP contribution in [0.15, 0.2) is 24.4 Å². The lowest BCUT2D eigenvalue weighted by atomic mass is 10.0. The highest BCUT2D eigenvalue weighted by Gasteiger charge is 2.22. The smallest absolute Gasteiger partial charge is 0.239 e. The molecule has 0 radical (unpaired) electrons. The van der Waals surface area contributed by atoms with Crippen LogP contribution in [-0.2, 0) is 11.2 Å². The molecule has 1 aromatic heterocycles. The van der Waals surface area contributed by atoms with Crippen molar-refractivity contribution in [2.75, 3.05) is 6.54 Å². The standard InChI is InChI=1S/C15H25N3O2/c1-11(2)6-7-13(19)14(16)15(20)18-10-8-12-5-3-4-9-17-12/h3-5,9,11,13-14,19H,6-8,10,16H2,1-2H3,(H,18,20)/t13-,14?/m0/s1. The quantitative estimate of drug-likeness (QED) is 0.658. The topological polar surface area (TPSA) is 88.2 Å². The van der Waals surface area contributed by atoms with Crippen LogP contribution in [0, 0.1) is 5.92 Å². The lowest BCUT2D eigenvalue weighted by Gasteiger charge is -2.19. The summed E-state index contributed by atoms with van der Waals surface area (Å²) in [6.07, 6.45) is 3.00. The Labute approximate surface area is 120 Å². The third-order valence-corrected chi connectivity index (χ3v) is 3.16. The maximum absolute atomic E-state index is 11.8. The molecule has 0 spiro atoms. The Bertz CT molecular complexity index is 395. The molecule has 112 valence electrons. The Morgan fingerprint density at radius 1 is 1.40 bits per heavy atom. The van der Waals surface area contributed by atoms with Gasteiger partial charge >= 0.3 is 0 Å². The maximum atomic E-state index is 11.8. The lowest BCUT2D eigenvalue weighted by molar-refractivity contribution is -0.124. The average molecular weight is 279 g/mol. The number of rotatable bonds is 8. The van der Waals surface area contributed by atoms with E-state index in [2.05, 4.69) is 24.1 Å². The number of pyridine rings is 1. The maximum Gasteiger partial charge on any atom is 0.239 e. The number of carbonyl (C=O) groups excluding carboxylic acids is 1. The van der Waals surface area contributed by atoms with Gasteiger partial charge in [-0.2, -0.15) is 0 Å². The van der Waals surface area contributed by atoms with Crippen molar-refractivity contribution in [3.63, 3.8) is 0 Å². The highest BCUT2D eigenvalue weighted by molar-refractivity contribution is 5.82. The molecule has 0 fully saturated rings. The van der Waals surface area contributed by atoms with Crippen molar-refractivity contribution in [2.45, 2.75) is 45.3 Å². The fourth-order valence-corrected chi connectivity index (χ4v) is 1.84. The second kappa shape index (κ2) is 8.66. The monoisotopic (exact) mass is 279 g/mol. The Balaban J connectivity index is 2.27. The molecule has 5 heteroatoms. The van der Waals surface area contributed by atoms with Gasteiger partial charge < -0.3 is 16.2 Å². The predicted molar refractivity (Wildman–Crippen MR) is 79.0 cm³/mol. The lowest BCUT2D eigenvalue weighted by Crippen LogP contribution is -2.48. The molecule has 1 rings (SSSR count). The number of aromatic nitrogens is 1. The fourth-order valence-electron chi connectivity index (χ4n) is 1.84. The van der Waals surface area contributed by atoms with Crippen molar-refractivity contribution < 1.29 is 9.90 Å². The van der Waals surface area contributed by atoms with Gasteiger partial charge in [0.05, 0.1) is 6.10 Å². The molecule has 1 unspecified atom stereocenters. The first-order valence-corrected chi connectivity index (χ1v) is 7.12. The van der Waals surface area contributed by atoms with E-state index in [-0.39, 0.29) is 5.91 Å². The highest BCUT2D eigenvalue weighted by Crippen LogP contribution is 2.08. The zero-order chi connectivity index (χ0) is 15.0. The van der Waals surface area contributed by atoms with Crippen molar-refractivity contribution in [3.8, 4) is 0 Å². The molecule has 0 aromatic carbocycles. The molecule has 1 aromatic rings. The summed E-state index contributed by atoms with van der Waals surface area (Å²) in [7, 11) is 0. The third-order valence-electron chi connectivity index (χ3n) is 3.16. The summed E-state index contributed by atoms with van der Waals surface area (Å²) in [5.74, 6) is 0.182. The molecule has 0 aliphatic carbocycles. The molecule has 0 saturated carbocycles. The van der Waals surface area contributed by atoms with Crippen LogP contribution in [0.2, 0.25) is 0 Å². The Hall–Kier alpha value is -1.46. The van der Waals surface area contributed by atoms with E-state index in [4.69, 9.17) is 5.73 Å². The SMILES string of the molecule is CC(C)CC[C@H](O)C(N)C(=O)NCCc1ccccn1. The Kier molecular flexibility index (Phi) is 7.18. The number of nitrogens with one attached hydrogen (secondary N) is 1. The van der Waals surface area contributed by atoms with Crippen molar-refractivity contribution in [1.82, 2.24) is 10.3 Å². The summed E-state index contributed by atoms with van der Waals surface area (Å²) in [6.45, 7) is 4.62. The Morgan fingerprint density at radius 2 is 2.15 bits per heavy atom. The zero-order valence-electron chi connectivity index (χ0n) is 12.2. The van der Waals surface area contributed by atoms with E-state index in [1.54, 1.807) is 6.20 Å². The molecule has 2 atom stereocenters. The normalized spacial score (nSPS) is 14.1. The number of aliphatic hydroxyl groups is 1. The van der Waals surface area contributed by atoms with Gasteiger partial charge in [0.15, 0.2) is 0 Å². The molecule has 1 amide bonds. The molecular weight excluding hydrogens is 254 g/mol. The summed E-state index contributed by atoms with van der Waals surface area (Å²) in [5.41, 5.74) is 6.67. The van der Waals surface area contributed by atoms with E-state index < -0.39 is 12.1 Å². The molecule has 20 heavy (non-hydrogen) atoms. The van der Waals surface area contributed by atoms with E-state index >= 15 is 0 Å². The van der Waals surface area contributed by atoms with E-state index in [0.29, 0.717) is 25.3 Å². The minimum atomic E-state index is -0.863. The number of nitrogens with zero attached hydrogens (tertiary/aromatic N) is 1. The molecule has 0 aliphatic rings. The van der Waals surface area contributed by atoms with Gasteiger partial charge in [-0.3, -0.25) is 9.78 Å². The van der Waals surface area contributed by atoms with Crippen LogP contribution < -0.4 is 11.1 Å². The molecule has 5 nitrogen and oxygen atoms in total. The largest absolute Gasteiger partial charge is 0.391 e. The van der Waals surface area contributed by atoms with Gasteiger partial charge in [-0.25, -0.2) is 0 Å². The summed E-state index contributed by atoms with van der Waals surface area (Å²) < 4.78 is 0. The van der Waals surface area contributed by atoms with Crippen molar-refractivity contribution in [3.05, 3.63) is 30.1 Å². The van der Waals surface area contributed by atoms with Crippen molar-refractivity contribution >= 4 is 5.91 Å². The van der Waals surface area contributed by atoms with Crippen LogP contribution in [0.1, 0.15) is 32.4 Å². The molecule has 0 bridgehead atoms. The number of aliphatic hydroxyl groups excluding tert-OH is 1. The summed E-state index contributed by atoms with van der Waals surface area (Å²) in [4.78, 5) is 16.0. The minimum Gasteiger partial charge on any atom is -0.391 e. The minimum absolute atomic E-state index is 0.308. The van der Waals surface area contributed by atoms with Gasteiger partial charge in [0, 0.05) is 24.9 Å². The van der Waals surface area contributed by atoms with E-state index in [1.165, 1.54) is 0 Å². The van der Waals surface area contributed by atoms with Gasteiger partial charge in [0.2, 0.25) is 5.91 Å². The van der Waals surface area contributed by atoms with Crippen LogP contribution in [0.4, 0.5) is 0 Å². The van der Waals surface area contributed by atoms with Crippen LogP contribution in [0.3, 0.4) is 0 Å². The van der Waals surface area contributed by atoms with E-state index in [0.717, 1.165) is 12.1 Å². The summed E-state index contributed by atoms with van der Waals surface area (Å²) in [5, 5.41) is 12.6. The van der Waals surface area contributed by atoms with E-state index in [9.17, 15) is 9.90 Å². The van der Waals surface area contributed by atoms with Crippen LogP contribution >= 0.6 is 0 Å². The zero-order valence-corrected chi connectivity index (χ0v) is 12.2. The second-order valence-electron chi connectivity index (χ2n) is 5.43. The number of amides is 1. The van der Waals surface area contributed by atoms with E-state index in [1.807, 2.05) is 18.2 Å². The molecule has 0 saturated heterocycles. The first-order valence-electron chi connectivity index (χ1n) is 7.12. The molecular formula is C15H25N3O2. The number of carbonyl (C=O) groups is 1. The van der Waals surface area contributed by atoms with Gasteiger partial charge in [-0.05, 0) is 30.9 Å². The van der Waals surface area contributed by atoms with Gasteiger partial charge in [-0.15, -0.1) is 0 Å². The van der Waals surface area contributed by atoms with Crippen molar-refractivity contribution in [1.29, 1.82) is 0 Å².